The second kappa shape index (κ2) is 8.56. The van der Waals surface area contributed by atoms with Crippen LogP contribution in [0.4, 0.5) is 0 Å². The number of hydrogen-bond acceptors (Lipinski definition) is 6. The number of hydrogen-bond donors (Lipinski definition) is 0. The molecule has 10 heteroatoms. The number of ether oxygens (including phenoxy) is 2. The summed E-state index contributed by atoms with van der Waals surface area (Å²) in [4.78, 5) is 43.5. The smallest absolute Gasteiger partial charge is 0.333 e. The van der Waals surface area contributed by atoms with Crippen LogP contribution in [0.15, 0.2) is 64.3 Å². The molecule has 2 aromatic carbocycles. The van der Waals surface area contributed by atoms with Gasteiger partial charge in [-0.05, 0) is 26.0 Å². The minimum Gasteiger partial charge on any atom is -0.497 e. The predicted molar refractivity (Wildman–Crippen MR) is 135 cm³/mol. The number of ketones is 1. The summed E-state index contributed by atoms with van der Waals surface area (Å²) in [7, 11) is 4.68. The van der Waals surface area contributed by atoms with E-state index >= 15 is 0 Å². The molecular weight excluding hydrogens is 462 g/mol. The van der Waals surface area contributed by atoms with Crippen LogP contribution in [0.1, 0.15) is 19.9 Å². The van der Waals surface area contributed by atoms with E-state index in [2.05, 4.69) is 0 Å². The lowest BCUT2D eigenvalue weighted by molar-refractivity contribution is -0.119. The zero-order chi connectivity index (χ0) is 25.7. The van der Waals surface area contributed by atoms with Gasteiger partial charge < -0.3 is 9.47 Å². The molecule has 1 atom stereocenters. The van der Waals surface area contributed by atoms with E-state index in [-0.39, 0.29) is 16.9 Å². The van der Waals surface area contributed by atoms with Gasteiger partial charge in [0, 0.05) is 24.9 Å². The Bertz CT molecular complexity index is 1760. The zero-order valence-electron chi connectivity index (χ0n) is 20.6. The predicted octanol–water partition coefficient (Wildman–Crippen LogP) is 2.97. The fourth-order valence-corrected chi connectivity index (χ4v) is 4.41. The molecule has 0 N–H and O–H groups in total. The van der Waals surface area contributed by atoms with E-state index in [1.54, 1.807) is 30.9 Å². The highest BCUT2D eigenvalue weighted by atomic mass is 16.5. The van der Waals surface area contributed by atoms with Crippen molar-refractivity contribution in [1.82, 2.24) is 23.1 Å². The molecule has 10 nitrogen and oxygen atoms in total. The van der Waals surface area contributed by atoms with Crippen molar-refractivity contribution in [2.75, 3.05) is 14.2 Å². The van der Waals surface area contributed by atoms with Crippen LogP contribution in [-0.4, -0.2) is 43.1 Å². The molecule has 0 aliphatic rings. The third kappa shape index (κ3) is 3.33. The number of Topliss-reactive ketones (excluding diaryl/α,β-unsaturated/α-hetero) is 1. The van der Waals surface area contributed by atoms with Crippen LogP contribution < -0.4 is 20.7 Å². The summed E-state index contributed by atoms with van der Waals surface area (Å²) in [5.74, 6) is 1.28. The summed E-state index contributed by atoms with van der Waals surface area (Å²) >= 11 is 0. The van der Waals surface area contributed by atoms with Gasteiger partial charge in [-0.25, -0.2) is 9.36 Å². The van der Waals surface area contributed by atoms with Crippen LogP contribution in [0.2, 0.25) is 0 Å². The molecule has 0 fully saturated rings. The first-order valence-corrected chi connectivity index (χ1v) is 11.3. The number of imidazole rings is 2. The van der Waals surface area contributed by atoms with E-state index < -0.39 is 17.3 Å². The highest BCUT2D eigenvalue weighted by Crippen LogP contribution is 2.35. The maximum Gasteiger partial charge on any atom is 0.333 e. The van der Waals surface area contributed by atoms with Gasteiger partial charge in [-0.1, -0.05) is 30.3 Å². The number of benzene rings is 2. The maximum atomic E-state index is 13.6. The molecule has 0 bridgehead atoms. The highest BCUT2D eigenvalue weighted by molar-refractivity contribution is 5.82. The van der Waals surface area contributed by atoms with E-state index in [1.807, 2.05) is 47.0 Å². The number of aryl methyl sites for hydroxylation is 1. The molecule has 0 unspecified atom stereocenters. The van der Waals surface area contributed by atoms with Crippen LogP contribution in [-0.2, 0) is 11.8 Å². The third-order valence-corrected chi connectivity index (χ3v) is 6.47. The van der Waals surface area contributed by atoms with Crippen molar-refractivity contribution in [3.05, 3.63) is 75.6 Å². The van der Waals surface area contributed by atoms with E-state index in [1.165, 1.54) is 25.5 Å². The molecule has 0 aliphatic heterocycles. The molecule has 0 saturated carbocycles. The van der Waals surface area contributed by atoms with Crippen LogP contribution in [0.5, 0.6) is 11.5 Å². The second-order valence-corrected chi connectivity index (χ2v) is 8.51. The van der Waals surface area contributed by atoms with Gasteiger partial charge in [0.05, 0.1) is 31.6 Å². The largest absolute Gasteiger partial charge is 0.497 e. The van der Waals surface area contributed by atoms with E-state index in [9.17, 15) is 14.4 Å². The Hall–Kier alpha value is -4.60. The summed E-state index contributed by atoms with van der Waals surface area (Å²) in [5, 5.41) is 0. The molecule has 0 amide bonds. The average molecular weight is 488 g/mol. The molecule has 0 aliphatic carbocycles. The molecule has 184 valence electrons. The standard InChI is InChI=1S/C26H25N5O5/c1-15(16(2)32)30-24(33)22-23(28(3)26(30)34)27-25-29(22)14-20(17-9-7-6-8-10-17)31(25)19-12-11-18(35-4)13-21(19)36-5/h6-15H,1-5H3/t15-/m0/s1. The van der Waals surface area contributed by atoms with Gasteiger partial charge in [0.25, 0.3) is 5.56 Å². The van der Waals surface area contributed by atoms with Crippen molar-refractivity contribution >= 4 is 22.7 Å². The van der Waals surface area contributed by atoms with Crippen LogP contribution in [0.3, 0.4) is 0 Å². The molecule has 0 spiro atoms. The lowest BCUT2D eigenvalue weighted by Crippen LogP contribution is -2.42. The number of carbonyl (C=O) groups is 1. The molecular formula is C26H25N5O5. The molecule has 5 rings (SSSR count). The first-order valence-electron chi connectivity index (χ1n) is 11.3. The Morgan fingerprint density at radius 1 is 1.03 bits per heavy atom. The fourth-order valence-electron chi connectivity index (χ4n) is 4.41. The summed E-state index contributed by atoms with van der Waals surface area (Å²) in [5.41, 5.74) is 1.54. The molecule has 36 heavy (non-hydrogen) atoms. The fraction of sp³-hybridized carbons (Fsp3) is 0.231. The van der Waals surface area contributed by atoms with Gasteiger partial charge in [0.1, 0.15) is 11.5 Å². The van der Waals surface area contributed by atoms with E-state index in [0.717, 1.165) is 15.8 Å². The van der Waals surface area contributed by atoms with Crippen molar-refractivity contribution in [3.63, 3.8) is 0 Å². The minimum absolute atomic E-state index is 0.198. The van der Waals surface area contributed by atoms with Gasteiger partial charge in [0.2, 0.25) is 5.78 Å². The zero-order valence-corrected chi connectivity index (χ0v) is 20.6. The topological polar surface area (TPSA) is 102 Å². The summed E-state index contributed by atoms with van der Waals surface area (Å²) in [6.07, 6.45) is 1.80. The van der Waals surface area contributed by atoms with Crippen molar-refractivity contribution in [2.45, 2.75) is 19.9 Å². The lowest BCUT2D eigenvalue weighted by atomic mass is 10.1. The van der Waals surface area contributed by atoms with Gasteiger partial charge in [-0.3, -0.25) is 23.1 Å². The summed E-state index contributed by atoms with van der Waals surface area (Å²) in [6.45, 7) is 2.89. The number of fused-ring (bicyclic) bond motifs is 3. The number of aromatic nitrogens is 5. The Labute approximate surface area is 205 Å². The van der Waals surface area contributed by atoms with Crippen LogP contribution in [0.25, 0.3) is 33.9 Å². The van der Waals surface area contributed by atoms with Gasteiger partial charge in [0.15, 0.2) is 16.9 Å². The van der Waals surface area contributed by atoms with E-state index in [0.29, 0.717) is 23.0 Å². The first-order chi connectivity index (χ1) is 17.3. The van der Waals surface area contributed by atoms with E-state index in [4.69, 9.17) is 14.5 Å². The normalized spacial score (nSPS) is 12.2. The number of rotatable bonds is 6. The summed E-state index contributed by atoms with van der Waals surface area (Å²) in [6, 6.07) is 14.2. The van der Waals surface area contributed by atoms with Gasteiger partial charge in [-0.15, -0.1) is 0 Å². The Morgan fingerprint density at radius 3 is 2.39 bits per heavy atom. The van der Waals surface area contributed by atoms with Gasteiger partial charge in [-0.2, -0.15) is 4.98 Å². The van der Waals surface area contributed by atoms with Crippen molar-refractivity contribution in [2.24, 2.45) is 7.05 Å². The van der Waals surface area contributed by atoms with Crippen LogP contribution in [0, 0.1) is 0 Å². The third-order valence-electron chi connectivity index (χ3n) is 6.47. The monoisotopic (exact) mass is 487 g/mol. The average Bonchev–Trinajstić information content (AvgIpc) is 3.44. The second-order valence-electron chi connectivity index (χ2n) is 8.51. The number of nitrogens with zero attached hydrogens (tertiary/aromatic N) is 5. The minimum atomic E-state index is -0.913. The van der Waals surface area contributed by atoms with Crippen molar-refractivity contribution < 1.29 is 14.3 Å². The molecule has 3 heterocycles. The Balaban J connectivity index is 1.95. The van der Waals surface area contributed by atoms with Crippen LogP contribution >= 0.6 is 0 Å². The first kappa shape index (κ1) is 23.2. The molecule has 3 aromatic heterocycles. The number of carbonyl (C=O) groups excluding carboxylic acids is 1. The van der Waals surface area contributed by atoms with Crippen molar-refractivity contribution in [3.8, 4) is 28.4 Å². The molecule has 5 aromatic rings. The Morgan fingerprint density at radius 2 is 1.75 bits per heavy atom. The lowest BCUT2D eigenvalue weighted by Gasteiger charge is -2.14. The number of methoxy groups -OCH3 is 2. The summed E-state index contributed by atoms with van der Waals surface area (Å²) < 4.78 is 16.8. The van der Waals surface area contributed by atoms with Crippen molar-refractivity contribution in [1.29, 1.82) is 0 Å². The molecule has 0 radical (unpaired) electrons. The highest BCUT2D eigenvalue weighted by Gasteiger charge is 2.26. The SMILES string of the molecule is COc1ccc(-n2c(-c3ccccc3)cn3c4c(=O)n([C@@H](C)C(C)=O)c(=O)n(C)c4nc23)c(OC)c1. The molecule has 0 saturated heterocycles. The van der Waals surface area contributed by atoms with Gasteiger partial charge >= 0.3 is 5.69 Å². The quantitative estimate of drug-likeness (QED) is 0.365. The Kier molecular flexibility index (Phi) is 5.51. The maximum absolute atomic E-state index is 13.6.